The molecule has 0 saturated heterocycles. The average molecular weight is 406 g/mol. The maximum Gasteiger partial charge on any atom is 0.288 e. The van der Waals surface area contributed by atoms with Gasteiger partial charge in [-0.3, -0.25) is 15.1 Å². The van der Waals surface area contributed by atoms with Crippen LogP contribution in [0.2, 0.25) is 0 Å². The molecule has 1 atom stereocenters. The van der Waals surface area contributed by atoms with Crippen molar-refractivity contribution >= 4 is 38.3 Å². The van der Waals surface area contributed by atoms with Crippen molar-refractivity contribution in [3.8, 4) is 0 Å². The van der Waals surface area contributed by atoms with Crippen LogP contribution in [0.3, 0.4) is 0 Å². The van der Waals surface area contributed by atoms with Gasteiger partial charge in [-0.05, 0) is 31.0 Å². The lowest BCUT2D eigenvalue weighted by Crippen LogP contribution is -2.01. The summed E-state index contributed by atoms with van der Waals surface area (Å²) < 4.78 is 13.7. The lowest BCUT2D eigenvalue weighted by atomic mass is 10.1. The number of pyridine rings is 1. The van der Waals surface area contributed by atoms with Crippen LogP contribution < -0.4 is 0 Å². The molecule has 8 heteroatoms. The Hall–Kier alpha value is -3.13. The van der Waals surface area contributed by atoms with Gasteiger partial charge in [-0.2, -0.15) is 0 Å². The van der Waals surface area contributed by atoms with Gasteiger partial charge in [0, 0.05) is 35.2 Å². The Morgan fingerprint density at radius 2 is 1.97 bits per heavy atom. The highest BCUT2D eigenvalue weighted by atomic mass is 32.2. The third-order valence-corrected chi connectivity index (χ3v) is 7.10. The Balaban J connectivity index is 1.74. The molecule has 0 radical (unpaired) electrons. The summed E-state index contributed by atoms with van der Waals surface area (Å²) in [7, 11) is -1.77. The van der Waals surface area contributed by atoms with E-state index in [2.05, 4.69) is 9.97 Å². The van der Waals surface area contributed by atoms with Crippen LogP contribution in [0, 0.1) is 10.1 Å². The number of nitrogens with zero attached hydrogens (tertiary/aromatic N) is 3. The van der Waals surface area contributed by atoms with Gasteiger partial charge in [-0.25, -0.2) is 9.19 Å². The number of benzene rings is 2. The van der Waals surface area contributed by atoms with Gasteiger partial charge < -0.3 is 4.98 Å². The van der Waals surface area contributed by atoms with Gasteiger partial charge in [0.05, 0.1) is 26.1 Å². The molecular weight excluding hydrogens is 388 g/mol. The second-order valence-corrected chi connectivity index (χ2v) is 8.68. The number of nitrogens with one attached hydrogen (secondary N) is 1. The first-order valence-corrected chi connectivity index (χ1v) is 10.7. The normalized spacial score (nSPS) is 15.9. The van der Waals surface area contributed by atoms with E-state index in [1.54, 1.807) is 36.7 Å². The molecule has 7 nitrogen and oxygen atoms in total. The molecule has 0 bridgehead atoms. The third kappa shape index (κ3) is 3.00. The molecule has 2 heterocycles. The van der Waals surface area contributed by atoms with Crippen molar-refractivity contribution in [2.75, 3.05) is 0 Å². The number of fused-ring (bicyclic) bond motifs is 2. The number of aromatic nitrogens is 3. The number of imidazole rings is 1. The third-order valence-electron chi connectivity index (χ3n) is 5.57. The van der Waals surface area contributed by atoms with Crippen molar-refractivity contribution in [2.45, 2.75) is 41.4 Å². The van der Waals surface area contributed by atoms with Crippen LogP contribution in [0.5, 0.6) is 0 Å². The zero-order valence-electron chi connectivity index (χ0n) is 15.5. The Morgan fingerprint density at radius 3 is 2.76 bits per heavy atom. The molecule has 1 aliphatic carbocycles. The van der Waals surface area contributed by atoms with Crippen LogP contribution in [0.4, 0.5) is 5.69 Å². The molecule has 29 heavy (non-hydrogen) atoms. The maximum atomic E-state index is 13.7. The number of aromatic amines is 1. The van der Waals surface area contributed by atoms with Crippen LogP contribution in [0.15, 0.2) is 58.6 Å². The van der Waals surface area contributed by atoms with Crippen LogP contribution >= 0.6 is 0 Å². The monoisotopic (exact) mass is 406 g/mol. The molecule has 0 amide bonds. The van der Waals surface area contributed by atoms with E-state index in [0.717, 1.165) is 42.3 Å². The van der Waals surface area contributed by atoms with E-state index in [0.29, 0.717) is 21.8 Å². The van der Waals surface area contributed by atoms with Gasteiger partial charge in [0.2, 0.25) is 0 Å². The van der Waals surface area contributed by atoms with Gasteiger partial charge in [0.1, 0.15) is 16.2 Å². The van der Waals surface area contributed by atoms with Crippen LogP contribution in [-0.4, -0.2) is 24.1 Å². The summed E-state index contributed by atoms with van der Waals surface area (Å²) in [5.74, 6) is 1.16. The van der Waals surface area contributed by atoms with Gasteiger partial charge >= 0.3 is 0 Å². The number of hydrogen-bond acceptors (Lipinski definition) is 5. The Kier molecular flexibility index (Phi) is 4.35. The molecule has 0 spiro atoms. The molecule has 2 aromatic carbocycles. The number of H-pyrrole nitrogens is 1. The van der Waals surface area contributed by atoms with Gasteiger partial charge in [0.15, 0.2) is 0 Å². The summed E-state index contributed by atoms with van der Waals surface area (Å²) in [4.78, 5) is 24.1. The lowest BCUT2D eigenvalue weighted by Gasteiger charge is -2.08. The van der Waals surface area contributed by atoms with E-state index in [9.17, 15) is 14.3 Å². The number of hydrogen-bond donors (Lipinski definition) is 1. The first-order chi connectivity index (χ1) is 14.1. The van der Waals surface area contributed by atoms with E-state index in [1.165, 1.54) is 6.07 Å². The fourth-order valence-electron chi connectivity index (χ4n) is 4.14. The zero-order valence-corrected chi connectivity index (χ0v) is 16.3. The molecule has 5 rings (SSSR count). The summed E-state index contributed by atoms with van der Waals surface area (Å²) in [5.41, 5.74) is 0.930. The van der Waals surface area contributed by atoms with Crippen molar-refractivity contribution < 1.29 is 9.13 Å². The molecular formula is C21H18N4O3S. The maximum absolute atomic E-state index is 13.7. The predicted molar refractivity (Wildman–Crippen MR) is 110 cm³/mol. The van der Waals surface area contributed by atoms with E-state index >= 15 is 0 Å². The molecule has 146 valence electrons. The van der Waals surface area contributed by atoms with E-state index < -0.39 is 15.7 Å². The second kappa shape index (κ2) is 7.04. The second-order valence-electron chi connectivity index (χ2n) is 7.29. The van der Waals surface area contributed by atoms with Crippen molar-refractivity contribution in [2.24, 2.45) is 0 Å². The predicted octanol–water partition coefficient (Wildman–Crippen LogP) is 4.84. The van der Waals surface area contributed by atoms with Gasteiger partial charge in [0.25, 0.3) is 5.69 Å². The SMILES string of the molecule is O=[N+]([O-])c1ccc2[nH]c(C3CCCC3)nc2c1S(=O)c1cccc2cnccc12. The van der Waals surface area contributed by atoms with E-state index in [-0.39, 0.29) is 10.6 Å². The zero-order chi connectivity index (χ0) is 20.0. The summed E-state index contributed by atoms with van der Waals surface area (Å²) in [6.07, 6.45) is 7.74. The van der Waals surface area contributed by atoms with Crippen LogP contribution in [0.25, 0.3) is 21.8 Å². The first-order valence-electron chi connectivity index (χ1n) is 9.55. The smallest absolute Gasteiger partial charge is 0.288 e. The lowest BCUT2D eigenvalue weighted by molar-refractivity contribution is -0.387. The minimum absolute atomic E-state index is 0.150. The molecule has 4 aromatic rings. The standard InChI is InChI=1S/C21H18N4O3S/c26-25(27)17-9-8-16-19(24-21(23-16)13-4-1-2-5-13)20(17)29(28)18-7-3-6-14-12-22-11-10-15(14)18/h3,6-13H,1-2,4-5H2,(H,23,24). The first kappa shape index (κ1) is 17.9. The number of rotatable bonds is 4. The molecule has 1 unspecified atom stereocenters. The van der Waals surface area contributed by atoms with Crippen LogP contribution in [-0.2, 0) is 10.8 Å². The minimum Gasteiger partial charge on any atom is -0.342 e. The average Bonchev–Trinajstić information content (AvgIpc) is 3.41. The highest BCUT2D eigenvalue weighted by molar-refractivity contribution is 7.85. The fourth-order valence-corrected chi connectivity index (χ4v) is 5.61. The highest BCUT2D eigenvalue weighted by Crippen LogP contribution is 2.38. The Labute approximate surface area is 168 Å². The molecule has 0 aliphatic heterocycles. The number of nitro benzene ring substituents is 1. The highest BCUT2D eigenvalue weighted by Gasteiger charge is 2.28. The molecule has 1 saturated carbocycles. The Morgan fingerprint density at radius 1 is 1.14 bits per heavy atom. The summed E-state index contributed by atoms with van der Waals surface area (Å²) in [6, 6.07) is 10.3. The Bertz CT molecular complexity index is 1270. The molecule has 1 fully saturated rings. The van der Waals surface area contributed by atoms with Gasteiger partial charge in [-0.1, -0.05) is 25.0 Å². The van der Waals surface area contributed by atoms with Crippen molar-refractivity contribution in [3.05, 3.63) is 64.7 Å². The molecule has 1 N–H and O–H groups in total. The van der Waals surface area contributed by atoms with Crippen molar-refractivity contribution in [1.29, 1.82) is 0 Å². The largest absolute Gasteiger partial charge is 0.342 e. The van der Waals surface area contributed by atoms with Crippen LogP contribution in [0.1, 0.15) is 37.4 Å². The molecule has 1 aliphatic rings. The number of nitro groups is 1. The van der Waals surface area contributed by atoms with Gasteiger partial charge in [-0.15, -0.1) is 0 Å². The molecule has 2 aromatic heterocycles. The van der Waals surface area contributed by atoms with Crippen molar-refractivity contribution in [1.82, 2.24) is 15.0 Å². The van der Waals surface area contributed by atoms with Crippen molar-refractivity contribution in [3.63, 3.8) is 0 Å². The summed E-state index contributed by atoms with van der Waals surface area (Å²) in [6.45, 7) is 0. The van der Waals surface area contributed by atoms with E-state index in [1.807, 2.05) is 6.07 Å². The topological polar surface area (TPSA) is 102 Å². The minimum atomic E-state index is -1.77. The van der Waals surface area contributed by atoms with E-state index in [4.69, 9.17) is 4.98 Å². The summed E-state index contributed by atoms with van der Waals surface area (Å²) in [5, 5.41) is 13.3. The summed E-state index contributed by atoms with van der Waals surface area (Å²) >= 11 is 0. The quantitative estimate of drug-likeness (QED) is 0.386. The fraction of sp³-hybridized carbons (Fsp3) is 0.238.